The van der Waals surface area contributed by atoms with Gasteiger partial charge in [0.05, 0.1) is 0 Å². The molecule has 0 fully saturated rings. The fourth-order valence-electron chi connectivity index (χ4n) is 2.10. The van der Waals surface area contributed by atoms with Gasteiger partial charge in [-0.15, -0.1) is 0 Å². The van der Waals surface area contributed by atoms with E-state index in [1.54, 1.807) is 0 Å². The second kappa shape index (κ2) is 10.2. The van der Waals surface area contributed by atoms with E-state index in [9.17, 15) is 0 Å². The molecule has 0 unspecified atom stereocenters. The predicted molar refractivity (Wildman–Crippen MR) is 89.7 cm³/mol. The molecular weight excluding hydrogens is 242 g/mol. The summed E-state index contributed by atoms with van der Waals surface area (Å²) in [5, 5.41) is 0. The molecule has 0 heterocycles. The van der Waals surface area contributed by atoms with Crippen LogP contribution in [0, 0.1) is 0 Å². The highest BCUT2D eigenvalue weighted by molar-refractivity contribution is 5.24. The number of nitrogens with zero attached hydrogens (tertiary/aromatic N) is 1. The Balaban J connectivity index is 2.70. The molecule has 108 valence electrons. The van der Waals surface area contributed by atoms with Gasteiger partial charge in [-0.25, -0.2) is 0 Å². The molecule has 0 aliphatic rings. The van der Waals surface area contributed by atoms with Crippen LogP contribution in [0.3, 0.4) is 0 Å². The van der Waals surface area contributed by atoms with Crippen LogP contribution in [0.25, 0.3) is 0 Å². The van der Waals surface area contributed by atoms with E-state index in [-0.39, 0.29) is 0 Å². The molecule has 0 saturated carbocycles. The zero-order valence-electron chi connectivity index (χ0n) is 12.9. The lowest BCUT2D eigenvalue weighted by molar-refractivity contribution is 0.285. The van der Waals surface area contributed by atoms with E-state index >= 15 is 0 Å². The Morgan fingerprint density at radius 1 is 1.25 bits per heavy atom. The molecule has 0 atom stereocenters. The lowest BCUT2D eigenvalue weighted by atomic mass is 10.1. The van der Waals surface area contributed by atoms with Crippen LogP contribution in [0.2, 0.25) is 0 Å². The number of benzene rings is 1. The SMILES string of the molecule is C=C/C(=C\C=C/C)CN(CCCC)Cc1ccccc1. The van der Waals surface area contributed by atoms with Crippen LogP contribution >= 0.6 is 0 Å². The van der Waals surface area contributed by atoms with Crippen LogP contribution in [0.15, 0.2) is 66.8 Å². The molecule has 0 bridgehead atoms. The molecule has 1 heteroatoms. The van der Waals surface area contributed by atoms with E-state index in [0.717, 1.165) is 19.6 Å². The summed E-state index contributed by atoms with van der Waals surface area (Å²) >= 11 is 0. The second-order valence-electron chi connectivity index (χ2n) is 5.02. The third kappa shape index (κ3) is 6.53. The van der Waals surface area contributed by atoms with Crippen molar-refractivity contribution in [3.63, 3.8) is 0 Å². The summed E-state index contributed by atoms with van der Waals surface area (Å²) in [6, 6.07) is 10.7. The Hall–Kier alpha value is -1.60. The largest absolute Gasteiger partial charge is 0.295 e. The van der Waals surface area contributed by atoms with Gasteiger partial charge in [0.25, 0.3) is 0 Å². The molecule has 0 amide bonds. The molecule has 0 aliphatic carbocycles. The van der Waals surface area contributed by atoms with Gasteiger partial charge < -0.3 is 0 Å². The Labute approximate surface area is 124 Å². The minimum absolute atomic E-state index is 0.961. The van der Waals surface area contributed by atoms with Gasteiger partial charge in [0.15, 0.2) is 0 Å². The fourth-order valence-corrected chi connectivity index (χ4v) is 2.10. The monoisotopic (exact) mass is 269 g/mol. The number of unbranched alkanes of at least 4 members (excludes halogenated alkanes) is 1. The molecule has 1 aromatic carbocycles. The van der Waals surface area contributed by atoms with Crippen LogP contribution in [0.1, 0.15) is 32.3 Å². The van der Waals surface area contributed by atoms with E-state index in [2.05, 4.69) is 67.0 Å². The average molecular weight is 269 g/mol. The van der Waals surface area contributed by atoms with E-state index in [1.807, 2.05) is 13.0 Å². The van der Waals surface area contributed by atoms with Gasteiger partial charge in [-0.05, 0) is 31.0 Å². The third-order valence-electron chi connectivity index (χ3n) is 3.25. The third-order valence-corrected chi connectivity index (χ3v) is 3.25. The normalized spacial score (nSPS) is 12.2. The average Bonchev–Trinajstić information content (AvgIpc) is 2.49. The maximum absolute atomic E-state index is 3.93. The van der Waals surface area contributed by atoms with E-state index < -0.39 is 0 Å². The van der Waals surface area contributed by atoms with Crippen LogP contribution in [0.4, 0.5) is 0 Å². The summed E-state index contributed by atoms with van der Waals surface area (Å²) in [6.07, 6.45) is 10.7. The fraction of sp³-hybridized carbons (Fsp3) is 0.368. The van der Waals surface area contributed by atoms with E-state index in [0.29, 0.717) is 0 Å². The highest BCUT2D eigenvalue weighted by atomic mass is 15.1. The zero-order valence-corrected chi connectivity index (χ0v) is 12.9. The Morgan fingerprint density at radius 3 is 2.60 bits per heavy atom. The van der Waals surface area contributed by atoms with Crippen LogP contribution in [0.5, 0.6) is 0 Å². The lowest BCUT2D eigenvalue weighted by Gasteiger charge is -2.22. The molecule has 0 N–H and O–H groups in total. The number of rotatable bonds is 9. The molecule has 0 aliphatic heterocycles. The number of hydrogen-bond donors (Lipinski definition) is 0. The first-order valence-electron chi connectivity index (χ1n) is 7.50. The van der Waals surface area contributed by atoms with Gasteiger partial charge in [0.2, 0.25) is 0 Å². The van der Waals surface area contributed by atoms with Gasteiger partial charge >= 0.3 is 0 Å². The van der Waals surface area contributed by atoms with Crippen molar-refractivity contribution in [2.24, 2.45) is 0 Å². The van der Waals surface area contributed by atoms with Crippen molar-refractivity contribution >= 4 is 0 Å². The highest BCUT2D eigenvalue weighted by Crippen LogP contribution is 2.09. The molecule has 0 aromatic heterocycles. The van der Waals surface area contributed by atoms with Gasteiger partial charge in [0.1, 0.15) is 0 Å². The molecule has 1 aromatic rings. The van der Waals surface area contributed by atoms with Crippen LogP contribution in [-0.4, -0.2) is 18.0 Å². The van der Waals surface area contributed by atoms with Crippen molar-refractivity contribution in [2.75, 3.05) is 13.1 Å². The molecule has 0 spiro atoms. The second-order valence-corrected chi connectivity index (χ2v) is 5.02. The number of hydrogen-bond acceptors (Lipinski definition) is 1. The maximum atomic E-state index is 3.93. The van der Waals surface area contributed by atoms with Crippen molar-refractivity contribution < 1.29 is 0 Å². The lowest BCUT2D eigenvalue weighted by Crippen LogP contribution is -2.26. The first-order valence-corrected chi connectivity index (χ1v) is 7.50. The highest BCUT2D eigenvalue weighted by Gasteiger charge is 2.06. The Bertz CT molecular complexity index is 428. The summed E-state index contributed by atoms with van der Waals surface area (Å²) in [7, 11) is 0. The minimum atomic E-state index is 0.961. The first-order chi connectivity index (χ1) is 9.80. The van der Waals surface area contributed by atoms with Gasteiger partial charge in [-0.1, -0.05) is 74.6 Å². The molecule has 0 radical (unpaired) electrons. The summed E-state index contributed by atoms with van der Waals surface area (Å²) in [5.41, 5.74) is 2.65. The molecule has 1 nitrogen and oxygen atoms in total. The quantitative estimate of drug-likeness (QED) is 0.572. The standard InChI is InChI=1S/C19H27N/c1-4-7-12-18(6-3)16-20(15-8-5-2)17-19-13-10-9-11-14-19/h4,6-7,9-14H,3,5,8,15-17H2,1-2H3/b7-4-,18-12+. The summed E-state index contributed by atoms with van der Waals surface area (Å²) in [6.45, 7) is 11.3. The Morgan fingerprint density at radius 2 is 2.00 bits per heavy atom. The summed E-state index contributed by atoms with van der Waals surface area (Å²) in [4.78, 5) is 2.50. The van der Waals surface area contributed by atoms with Crippen molar-refractivity contribution in [3.8, 4) is 0 Å². The first kappa shape index (κ1) is 16.5. The predicted octanol–water partition coefficient (Wildman–Crippen LogP) is 4.98. The number of allylic oxidation sites excluding steroid dienone is 3. The minimum Gasteiger partial charge on any atom is -0.295 e. The van der Waals surface area contributed by atoms with E-state index in [4.69, 9.17) is 0 Å². The zero-order chi connectivity index (χ0) is 14.6. The van der Waals surface area contributed by atoms with Crippen molar-refractivity contribution in [1.29, 1.82) is 0 Å². The molecule has 20 heavy (non-hydrogen) atoms. The summed E-state index contributed by atoms with van der Waals surface area (Å²) in [5.74, 6) is 0. The van der Waals surface area contributed by atoms with Crippen molar-refractivity contribution in [2.45, 2.75) is 33.2 Å². The smallest absolute Gasteiger partial charge is 0.0237 e. The molecular formula is C19H27N. The van der Waals surface area contributed by atoms with Crippen LogP contribution in [-0.2, 0) is 6.54 Å². The van der Waals surface area contributed by atoms with E-state index in [1.165, 1.54) is 24.0 Å². The Kier molecular flexibility index (Phi) is 8.41. The van der Waals surface area contributed by atoms with Gasteiger partial charge in [-0.3, -0.25) is 4.90 Å². The molecule has 0 saturated heterocycles. The maximum Gasteiger partial charge on any atom is 0.0237 e. The summed E-state index contributed by atoms with van der Waals surface area (Å²) < 4.78 is 0. The topological polar surface area (TPSA) is 3.24 Å². The molecule has 1 rings (SSSR count). The van der Waals surface area contributed by atoms with Crippen molar-refractivity contribution in [3.05, 3.63) is 72.4 Å². The van der Waals surface area contributed by atoms with Gasteiger partial charge in [-0.2, -0.15) is 0 Å². The van der Waals surface area contributed by atoms with Crippen molar-refractivity contribution in [1.82, 2.24) is 4.90 Å². The van der Waals surface area contributed by atoms with Gasteiger partial charge in [0, 0.05) is 13.1 Å². The van der Waals surface area contributed by atoms with Crippen LogP contribution < -0.4 is 0 Å².